The molecule has 0 spiro atoms. The molecular weight excluding hydrogens is 300 g/mol. The van der Waals surface area contributed by atoms with Crippen molar-refractivity contribution in [1.29, 1.82) is 5.26 Å². The molecular formula is C16H16N2O3S. The zero-order valence-electron chi connectivity index (χ0n) is 11.9. The van der Waals surface area contributed by atoms with Crippen LogP contribution in [0.4, 0.5) is 5.69 Å². The number of hydrogen-bond acceptors (Lipinski definition) is 4. The SMILES string of the molecule is N#Cc1cccc(S(=O)(=O)N(CCCO)c2ccccc2)c1. The van der Waals surface area contributed by atoms with Crippen LogP contribution in [0.3, 0.4) is 0 Å². The molecule has 0 aromatic heterocycles. The highest BCUT2D eigenvalue weighted by molar-refractivity contribution is 7.92. The fraction of sp³-hybridized carbons (Fsp3) is 0.188. The number of aliphatic hydroxyl groups is 1. The molecule has 0 bridgehead atoms. The van der Waals surface area contributed by atoms with Gasteiger partial charge < -0.3 is 5.11 Å². The highest BCUT2D eigenvalue weighted by atomic mass is 32.2. The summed E-state index contributed by atoms with van der Waals surface area (Å²) in [4.78, 5) is 0.0633. The zero-order chi connectivity index (χ0) is 16.0. The summed E-state index contributed by atoms with van der Waals surface area (Å²) < 4.78 is 26.9. The number of rotatable bonds is 6. The molecule has 0 aliphatic carbocycles. The number of aliphatic hydroxyl groups excluding tert-OH is 1. The Bertz CT molecular complexity index is 767. The highest BCUT2D eigenvalue weighted by Crippen LogP contribution is 2.24. The van der Waals surface area contributed by atoms with Gasteiger partial charge in [0.2, 0.25) is 0 Å². The van der Waals surface area contributed by atoms with Crippen LogP contribution >= 0.6 is 0 Å². The Morgan fingerprint density at radius 1 is 1.09 bits per heavy atom. The molecule has 2 aromatic carbocycles. The topological polar surface area (TPSA) is 81.4 Å². The smallest absolute Gasteiger partial charge is 0.264 e. The van der Waals surface area contributed by atoms with Gasteiger partial charge in [0.25, 0.3) is 10.0 Å². The van der Waals surface area contributed by atoms with E-state index < -0.39 is 10.0 Å². The second-order valence-corrected chi connectivity index (χ2v) is 6.49. The van der Waals surface area contributed by atoms with E-state index in [-0.39, 0.29) is 23.6 Å². The van der Waals surface area contributed by atoms with Gasteiger partial charge in [-0.2, -0.15) is 5.26 Å². The number of benzene rings is 2. The number of nitriles is 1. The molecule has 0 saturated heterocycles. The largest absolute Gasteiger partial charge is 0.396 e. The third kappa shape index (κ3) is 3.45. The molecule has 2 rings (SSSR count). The maximum atomic E-state index is 12.8. The third-order valence-electron chi connectivity index (χ3n) is 3.11. The maximum Gasteiger partial charge on any atom is 0.264 e. The van der Waals surface area contributed by atoms with E-state index >= 15 is 0 Å². The lowest BCUT2D eigenvalue weighted by molar-refractivity contribution is 0.291. The second kappa shape index (κ2) is 7.07. The molecule has 2 aromatic rings. The molecule has 0 saturated carbocycles. The first-order valence-corrected chi connectivity index (χ1v) is 8.22. The summed E-state index contributed by atoms with van der Waals surface area (Å²) in [7, 11) is -3.79. The molecule has 1 N–H and O–H groups in total. The summed E-state index contributed by atoms with van der Waals surface area (Å²) in [5.74, 6) is 0. The first-order valence-electron chi connectivity index (χ1n) is 6.78. The van der Waals surface area contributed by atoms with Crippen LogP contribution in [0.1, 0.15) is 12.0 Å². The molecule has 0 fully saturated rings. The van der Waals surface area contributed by atoms with Crippen molar-refractivity contribution >= 4 is 15.7 Å². The Balaban J connectivity index is 2.47. The second-order valence-electron chi connectivity index (χ2n) is 4.63. The summed E-state index contributed by atoms with van der Waals surface area (Å²) in [6, 6.07) is 16.6. The molecule has 0 heterocycles. The predicted molar refractivity (Wildman–Crippen MR) is 83.8 cm³/mol. The van der Waals surface area contributed by atoms with Crippen LogP contribution in [0.25, 0.3) is 0 Å². The number of sulfonamides is 1. The molecule has 6 heteroatoms. The Kier molecular flexibility index (Phi) is 5.15. The number of anilines is 1. The van der Waals surface area contributed by atoms with Crippen molar-refractivity contribution in [2.75, 3.05) is 17.5 Å². The predicted octanol–water partition coefficient (Wildman–Crippen LogP) is 2.14. The fourth-order valence-electron chi connectivity index (χ4n) is 2.05. The van der Waals surface area contributed by atoms with Gasteiger partial charge in [0.05, 0.1) is 22.2 Å². The number of para-hydroxylation sites is 1. The van der Waals surface area contributed by atoms with E-state index in [9.17, 15) is 8.42 Å². The van der Waals surface area contributed by atoms with Gasteiger partial charge in [-0.1, -0.05) is 24.3 Å². The molecule has 0 unspecified atom stereocenters. The van der Waals surface area contributed by atoms with E-state index in [1.165, 1.54) is 16.4 Å². The van der Waals surface area contributed by atoms with Gasteiger partial charge in [-0.05, 0) is 36.8 Å². The van der Waals surface area contributed by atoms with Gasteiger partial charge in [0.1, 0.15) is 0 Å². The van der Waals surface area contributed by atoms with Gasteiger partial charge >= 0.3 is 0 Å². The van der Waals surface area contributed by atoms with Crippen LogP contribution < -0.4 is 4.31 Å². The quantitative estimate of drug-likeness (QED) is 0.885. The summed E-state index contributed by atoms with van der Waals surface area (Å²) in [5.41, 5.74) is 0.814. The molecule has 0 atom stereocenters. The lowest BCUT2D eigenvalue weighted by Crippen LogP contribution is -2.32. The van der Waals surface area contributed by atoms with Crippen molar-refractivity contribution < 1.29 is 13.5 Å². The van der Waals surface area contributed by atoms with Crippen molar-refractivity contribution in [3.63, 3.8) is 0 Å². The lowest BCUT2D eigenvalue weighted by Gasteiger charge is -2.24. The molecule has 0 radical (unpaired) electrons. The Hall–Kier alpha value is -2.36. The minimum atomic E-state index is -3.79. The van der Waals surface area contributed by atoms with E-state index in [0.717, 1.165) is 0 Å². The zero-order valence-corrected chi connectivity index (χ0v) is 12.7. The van der Waals surface area contributed by atoms with E-state index in [4.69, 9.17) is 10.4 Å². The van der Waals surface area contributed by atoms with Crippen LogP contribution in [-0.4, -0.2) is 26.7 Å². The van der Waals surface area contributed by atoms with E-state index in [1.807, 2.05) is 6.07 Å². The number of hydrogen-bond donors (Lipinski definition) is 1. The fourth-order valence-corrected chi connectivity index (χ4v) is 3.60. The first-order chi connectivity index (χ1) is 10.6. The first kappa shape index (κ1) is 16.0. The Morgan fingerprint density at radius 3 is 2.45 bits per heavy atom. The van der Waals surface area contributed by atoms with Crippen molar-refractivity contribution in [1.82, 2.24) is 0 Å². The van der Waals surface area contributed by atoms with Crippen molar-refractivity contribution in [3.05, 3.63) is 60.2 Å². The van der Waals surface area contributed by atoms with Crippen LogP contribution in [0, 0.1) is 11.3 Å². The van der Waals surface area contributed by atoms with Gasteiger partial charge in [-0.15, -0.1) is 0 Å². The van der Waals surface area contributed by atoms with E-state index in [2.05, 4.69) is 0 Å². The van der Waals surface area contributed by atoms with Crippen LogP contribution in [0.5, 0.6) is 0 Å². The van der Waals surface area contributed by atoms with Gasteiger partial charge in [0, 0.05) is 13.2 Å². The standard InChI is InChI=1S/C16H16N2O3S/c17-13-14-6-4-9-16(12-14)22(20,21)18(10-5-11-19)15-7-2-1-3-8-15/h1-4,6-9,12,19H,5,10-11H2. The van der Waals surface area contributed by atoms with E-state index in [0.29, 0.717) is 12.1 Å². The minimum Gasteiger partial charge on any atom is -0.396 e. The molecule has 22 heavy (non-hydrogen) atoms. The van der Waals surface area contributed by atoms with Gasteiger partial charge in [0.15, 0.2) is 0 Å². The van der Waals surface area contributed by atoms with Crippen LogP contribution in [-0.2, 0) is 10.0 Å². The van der Waals surface area contributed by atoms with Crippen LogP contribution in [0.15, 0.2) is 59.5 Å². The summed E-state index contributed by atoms with van der Waals surface area (Å²) >= 11 is 0. The lowest BCUT2D eigenvalue weighted by atomic mass is 10.2. The summed E-state index contributed by atoms with van der Waals surface area (Å²) in [6.45, 7) is 0.0662. The number of nitrogens with zero attached hydrogens (tertiary/aromatic N) is 2. The van der Waals surface area contributed by atoms with Crippen molar-refractivity contribution in [2.24, 2.45) is 0 Å². The average molecular weight is 316 g/mol. The minimum absolute atomic E-state index is 0.0633. The molecule has 0 aliphatic heterocycles. The monoisotopic (exact) mass is 316 g/mol. The summed E-state index contributed by atoms with van der Waals surface area (Å²) in [5, 5.41) is 17.9. The molecule has 0 amide bonds. The Labute approximate surface area is 130 Å². The summed E-state index contributed by atoms with van der Waals surface area (Å²) in [6.07, 6.45) is 0.325. The third-order valence-corrected chi connectivity index (χ3v) is 4.94. The van der Waals surface area contributed by atoms with Crippen LogP contribution in [0.2, 0.25) is 0 Å². The average Bonchev–Trinajstić information content (AvgIpc) is 2.56. The molecule has 0 aliphatic rings. The van der Waals surface area contributed by atoms with Gasteiger partial charge in [-0.25, -0.2) is 8.42 Å². The Morgan fingerprint density at radius 2 is 1.82 bits per heavy atom. The van der Waals surface area contributed by atoms with Gasteiger partial charge in [-0.3, -0.25) is 4.31 Å². The maximum absolute atomic E-state index is 12.8. The van der Waals surface area contributed by atoms with Crippen molar-refractivity contribution in [3.8, 4) is 6.07 Å². The molecule has 5 nitrogen and oxygen atoms in total. The normalized spacial score (nSPS) is 10.9. The highest BCUT2D eigenvalue weighted by Gasteiger charge is 2.24. The molecule has 114 valence electrons. The van der Waals surface area contributed by atoms with E-state index in [1.54, 1.807) is 42.5 Å². The van der Waals surface area contributed by atoms with Crippen molar-refractivity contribution in [2.45, 2.75) is 11.3 Å².